The van der Waals surface area contributed by atoms with E-state index in [0.717, 1.165) is 11.1 Å². The fraction of sp³-hybridized carbons (Fsp3) is 0.350. The zero-order chi connectivity index (χ0) is 20.8. The molecule has 2 aromatic rings. The Balaban J connectivity index is 1.60. The summed E-state index contributed by atoms with van der Waals surface area (Å²) in [5, 5.41) is 0. The van der Waals surface area contributed by atoms with Crippen molar-refractivity contribution in [3.05, 3.63) is 45.9 Å². The quantitative estimate of drug-likeness (QED) is 0.726. The Kier molecular flexibility index (Phi) is 5.30. The first-order valence-electron chi connectivity index (χ1n) is 9.21. The van der Waals surface area contributed by atoms with Crippen molar-refractivity contribution < 1.29 is 22.7 Å². The van der Waals surface area contributed by atoms with E-state index in [1.807, 2.05) is 18.2 Å². The smallest absolute Gasteiger partial charge is 0.242 e. The Hall–Kier alpha value is -2.10. The third-order valence-corrected chi connectivity index (χ3v) is 7.67. The second-order valence-corrected chi connectivity index (χ2v) is 9.65. The molecular formula is C20H21BrN2O5S. The van der Waals surface area contributed by atoms with E-state index in [1.54, 1.807) is 24.1 Å². The summed E-state index contributed by atoms with van der Waals surface area (Å²) in [4.78, 5) is 13.6. The molecule has 1 N–H and O–H groups in total. The Morgan fingerprint density at radius 3 is 2.83 bits per heavy atom. The highest BCUT2D eigenvalue weighted by molar-refractivity contribution is 9.10. The molecule has 0 aliphatic carbocycles. The van der Waals surface area contributed by atoms with Gasteiger partial charge in [0.05, 0.1) is 18.0 Å². The summed E-state index contributed by atoms with van der Waals surface area (Å²) in [5.74, 6) is 1.18. The van der Waals surface area contributed by atoms with Crippen molar-refractivity contribution in [1.82, 2.24) is 4.72 Å². The lowest BCUT2D eigenvalue weighted by atomic mass is 10.0. The molecule has 0 radical (unpaired) electrons. The van der Waals surface area contributed by atoms with Gasteiger partial charge in [-0.3, -0.25) is 4.79 Å². The minimum Gasteiger partial charge on any atom is -0.493 e. The van der Waals surface area contributed by atoms with Gasteiger partial charge < -0.3 is 14.4 Å². The van der Waals surface area contributed by atoms with Crippen LogP contribution in [-0.4, -0.2) is 40.6 Å². The highest BCUT2D eigenvalue weighted by atomic mass is 79.9. The first-order chi connectivity index (χ1) is 13.8. The third-order valence-electron chi connectivity index (χ3n) is 5.20. The van der Waals surface area contributed by atoms with E-state index < -0.39 is 16.1 Å². The maximum atomic E-state index is 13.1. The number of rotatable bonds is 4. The molecule has 154 valence electrons. The fourth-order valence-corrected chi connectivity index (χ4v) is 6.16. The number of carbonyl (C=O) groups is 1. The third kappa shape index (κ3) is 3.74. The number of amides is 1. The number of methoxy groups -OCH3 is 1. The molecule has 2 heterocycles. The second-order valence-electron chi connectivity index (χ2n) is 7.11. The van der Waals surface area contributed by atoms with Gasteiger partial charge in [0.25, 0.3) is 0 Å². The minimum atomic E-state index is -3.83. The summed E-state index contributed by atoms with van der Waals surface area (Å²) in [7, 11) is -2.25. The maximum absolute atomic E-state index is 13.1. The van der Waals surface area contributed by atoms with Crippen molar-refractivity contribution in [2.24, 2.45) is 0 Å². The van der Waals surface area contributed by atoms with Crippen molar-refractivity contribution >= 4 is 37.5 Å². The van der Waals surface area contributed by atoms with E-state index in [-0.39, 0.29) is 17.4 Å². The standard InChI is InChI=1S/C20H21BrN2O5S/c1-12(24)23-7-6-13-9-16(21)19(10-17(13)23)29(25,26)22-15-8-14-4-3-5-18(27-2)20(14)28-11-15/h3-5,9-10,15,22H,6-8,11H2,1-2H3. The number of ether oxygens (including phenoxy) is 2. The van der Waals surface area contributed by atoms with E-state index >= 15 is 0 Å². The van der Waals surface area contributed by atoms with Crippen molar-refractivity contribution in [3.63, 3.8) is 0 Å². The highest BCUT2D eigenvalue weighted by Gasteiger charge is 2.31. The van der Waals surface area contributed by atoms with Gasteiger partial charge in [0.2, 0.25) is 15.9 Å². The molecule has 0 saturated carbocycles. The monoisotopic (exact) mass is 480 g/mol. The first kappa shape index (κ1) is 20.2. The molecule has 29 heavy (non-hydrogen) atoms. The number of hydrogen-bond acceptors (Lipinski definition) is 5. The van der Waals surface area contributed by atoms with Crippen LogP contribution in [0.1, 0.15) is 18.1 Å². The van der Waals surface area contributed by atoms with Crippen LogP contribution in [0.5, 0.6) is 11.5 Å². The average Bonchev–Trinajstić information content (AvgIpc) is 3.09. The van der Waals surface area contributed by atoms with Crippen molar-refractivity contribution in [2.45, 2.75) is 30.7 Å². The number of nitrogens with zero attached hydrogens (tertiary/aromatic N) is 1. The number of para-hydroxylation sites is 1. The van der Waals surface area contributed by atoms with Gasteiger partial charge in [0.15, 0.2) is 11.5 Å². The molecule has 1 amide bonds. The van der Waals surface area contributed by atoms with Gasteiger partial charge in [0, 0.05) is 23.6 Å². The number of halogens is 1. The number of sulfonamides is 1. The summed E-state index contributed by atoms with van der Waals surface area (Å²) in [5.41, 5.74) is 2.49. The molecule has 2 aromatic carbocycles. The average molecular weight is 481 g/mol. The summed E-state index contributed by atoms with van der Waals surface area (Å²) >= 11 is 3.38. The van der Waals surface area contributed by atoms with Crippen LogP contribution in [0.25, 0.3) is 0 Å². The Bertz CT molecular complexity index is 1090. The lowest BCUT2D eigenvalue weighted by Crippen LogP contribution is -2.42. The van der Waals surface area contributed by atoms with Crippen LogP contribution < -0.4 is 19.1 Å². The summed E-state index contributed by atoms with van der Waals surface area (Å²) in [6.45, 7) is 2.24. The molecule has 4 rings (SSSR count). The van der Waals surface area contributed by atoms with Crippen LogP contribution in [-0.2, 0) is 27.7 Å². The molecule has 0 aromatic heterocycles. The van der Waals surface area contributed by atoms with E-state index in [0.29, 0.717) is 41.0 Å². The molecule has 0 bridgehead atoms. The lowest BCUT2D eigenvalue weighted by molar-refractivity contribution is -0.116. The maximum Gasteiger partial charge on any atom is 0.242 e. The Labute approximate surface area is 178 Å². The zero-order valence-electron chi connectivity index (χ0n) is 16.1. The molecule has 2 aliphatic rings. The van der Waals surface area contributed by atoms with Crippen LogP contribution in [0, 0.1) is 0 Å². The summed E-state index contributed by atoms with van der Waals surface area (Å²) in [6.07, 6.45) is 1.20. The first-order valence-corrected chi connectivity index (χ1v) is 11.5. The number of anilines is 1. The van der Waals surface area contributed by atoms with Gasteiger partial charge in [-0.05, 0) is 58.1 Å². The number of benzene rings is 2. The molecule has 0 saturated heterocycles. The Morgan fingerprint density at radius 1 is 1.31 bits per heavy atom. The van der Waals surface area contributed by atoms with E-state index in [9.17, 15) is 13.2 Å². The predicted octanol–water partition coefficient (Wildman–Crippen LogP) is 2.65. The highest BCUT2D eigenvalue weighted by Crippen LogP contribution is 2.37. The molecule has 0 fully saturated rings. The van der Waals surface area contributed by atoms with Crippen molar-refractivity contribution in [1.29, 1.82) is 0 Å². The van der Waals surface area contributed by atoms with Gasteiger partial charge in [-0.2, -0.15) is 0 Å². The van der Waals surface area contributed by atoms with Crippen LogP contribution in [0.3, 0.4) is 0 Å². The van der Waals surface area contributed by atoms with Crippen LogP contribution in [0.4, 0.5) is 5.69 Å². The largest absolute Gasteiger partial charge is 0.493 e. The van der Waals surface area contributed by atoms with Gasteiger partial charge in [0.1, 0.15) is 6.61 Å². The molecule has 1 atom stereocenters. The van der Waals surface area contributed by atoms with Crippen LogP contribution in [0.15, 0.2) is 39.7 Å². The molecule has 1 unspecified atom stereocenters. The molecule has 2 aliphatic heterocycles. The molecular weight excluding hydrogens is 460 g/mol. The van der Waals surface area contributed by atoms with E-state index in [1.165, 1.54) is 6.92 Å². The number of hydrogen-bond donors (Lipinski definition) is 1. The van der Waals surface area contributed by atoms with E-state index in [4.69, 9.17) is 9.47 Å². The van der Waals surface area contributed by atoms with E-state index in [2.05, 4.69) is 20.7 Å². The second kappa shape index (κ2) is 7.62. The SMILES string of the molecule is COc1cccc2c1OCC(NS(=O)(=O)c1cc3c(cc1Br)CCN3C(C)=O)C2. The molecule has 9 heteroatoms. The summed E-state index contributed by atoms with van der Waals surface area (Å²) in [6, 6.07) is 8.50. The number of fused-ring (bicyclic) bond motifs is 2. The normalized spacial score (nSPS) is 18.0. The van der Waals surface area contributed by atoms with Gasteiger partial charge >= 0.3 is 0 Å². The van der Waals surface area contributed by atoms with Gasteiger partial charge in [-0.25, -0.2) is 13.1 Å². The number of carbonyl (C=O) groups excluding carboxylic acids is 1. The zero-order valence-corrected chi connectivity index (χ0v) is 18.5. The van der Waals surface area contributed by atoms with Crippen molar-refractivity contribution in [3.8, 4) is 11.5 Å². The van der Waals surface area contributed by atoms with Gasteiger partial charge in [-0.1, -0.05) is 12.1 Å². The lowest BCUT2D eigenvalue weighted by Gasteiger charge is -2.27. The molecule has 7 nitrogen and oxygen atoms in total. The topological polar surface area (TPSA) is 84.9 Å². The predicted molar refractivity (Wildman–Crippen MR) is 112 cm³/mol. The Morgan fingerprint density at radius 2 is 2.10 bits per heavy atom. The van der Waals surface area contributed by atoms with Crippen molar-refractivity contribution in [2.75, 3.05) is 25.2 Å². The van der Waals surface area contributed by atoms with Gasteiger partial charge in [-0.15, -0.1) is 0 Å². The van der Waals surface area contributed by atoms with Crippen LogP contribution >= 0.6 is 15.9 Å². The minimum absolute atomic E-state index is 0.103. The fourth-order valence-electron chi connectivity index (χ4n) is 3.83. The van der Waals surface area contributed by atoms with Crippen LogP contribution in [0.2, 0.25) is 0 Å². The number of nitrogens with one attached hydrogen (secondary N) is 1. The summed E-state index contributed by atoms with van der Waals surface area (Å²) < 4.78 is 40.5. The molecule has 0 spiro atoms.